The van der Waals surface area contributed by atoms with Gasteiger partial charge in [0.05, 0.1) is 24.0 Å². The van der Waals surface area contributed by atoms with Gasteiger partial charge in [-0.15, -0.1) is 0 Å². The number of rotatable bonds is 2. The Morgan fingerprint density at radius 1 is 1.32 bits per heavy atom. The van der Waals surface area contributed by atoms with Crippen molar-refractivity contribution >= 4 is 28.8 Å². The van der Waals surface area contributed by atoms with Crippen LogP contribution in [0.15, 0.2) is 36.7 Å². The van der Waals surface area contributed by atoms with E-state index in [1.807, 2.05) is 30.3 Å². The molecule has 1 aliphatic heterocycles. The standard InChI is InChI=1S/C17H16ClN5O2/c1-21-15-7-13(25-2)4-3-11(15)5-6-23(21)17(24)14-8-16-19-9-12(18)10-22(16)20-14/h3-4,7-10H,5-6H2,1-2H3. The highest BCUT2D eigenvalue weighted by molar-refractivity contribution is 6.30. The Morgan fingerprint density at radius 3 is 2.96 bits per heavy atom. The molecule has 1 aliphatic rings. The van der Waals surface area contributed by atoms with Crippen molar-refractivity contribution in [2.75, 3.05) is 25.7 Å². The third-order valence-electron chi connectivity index (χ3n) is 4.33. The second-order valence-corrected chi connectivity index (χ2v) is 6.24. The summed E-state index contributed by atoms with van der Waals surface area (Å²) in [6, 6.07) is 7.55. The first-order valence-corrected chi connectivity index (χ1v) is 8.18. The van der Waals surface area contributed by atoms with Crippen LogP contribution in [0.2, 0.25) is 5.02 Å². The lowest BCUT2D eigenvalue weighted by Gasteiger charge is -2.38. The van der Waals surface area contributed by atoms with Crippen molar-refractivity contribution in [3.8, 4) is 5.75 Å². The van der Waals surface area contributed by atoms with Crippen LogP contribution in [-0.2, 0) is 6.42 Å². The van der Waals surface area contributed by atoms with E-state index in [9.17, 15) is 4.79 Å². The molecule has 25 heavy (non-hydrogen) atoms. The van der Waals surface area contributed by atoms with Gasteiger partial charge in [-0.1, -0.05) is 17.7 Å². The molecule has 0 saturated carbocycles. The van der Waals surface area contributed by atoms with Crippen LogP contribution in [0.3, 0.4) is 0 Å². The molecule has 0 spiro atoms. The Labute approximate surface area is 149 Å². The zero-order chi connectivity index (χ0) is 17.6. The minimum atomic E-state index is -0.183. The third-order valence-corrected chi connectivity index (χ3v) is 4.53. The molecule has 0 saturated heterocycles. The van der Waals surface area contributed by atoms with Crippen molar-refractivity contribution in [3.63, 3.8) is 0 Å². The van der Waals surface area contributed by atoms with Gasteiger partial charge in [-0.25, -0.2) is 14.5 Å². The average Bonchev–Trinajstić information content (AvgIpc) is 3.04. The fraction of sp³-hybridized carbons (Fsp3) is 0.235. The zero-order valence-corrected chi connectivity index (χ0v) is 14.6. The van der Waals surface area contributed by atoms with Gasteiger partial charge < -0.3 is 4.74 Å². The average molecular weight is 358 g/mol. The van der Waals surface area contributed by atoms with Crippen LogP contribution in [0.5, 0.6) is 5.75 Å². The molecule has 0 unspecified atom stereocenters. The molecule has 1 amide bonds. The van der Waals surface area contributed by atoms with Crippen molar-refractivity contribution in [1.29, 1.82) is 0 Å². The van der Waals surface area contributed by atoms with E-state index < -0.39 is 0 Å². The number of benzene rings is 1. The van der Waals surface area contributed by atoms with E-state index in [4.69, 9.17) is 16.3 Å². The summed E-state index contributed by atoms with van der Waals surface area (Å²) in [5.74, 6) is 0.573. The van der Waals surface area contributed by atoms with Crippen LogP contribution in [0.4, 0.5) is 5.69 Å². The Bertz CT molecular complexity index is 971. The molecule has 3 heterocycles. The maximum atomic E-state index is 12.9. The van der Waals surface area contributed by atoms with Gasteiger partial charge in [0.2, 0.25) is 0 Å². The molecular weight excluding hydrogens is 342 g/mol. The van der Waals surface area contributed by atoms with Crippen molar-refractivity contribution in [3.05, 3.63) is 52.9 Å². The molecule has 0 radical (unpaired) electrons. The number of hydrogen-bond donors (Lipinski definition) is 0. The minimum absolute atomic E-state index is 0.183. The van der Waals surface area contributed by atoms with Crippen LogP contribution in [0, 0.1) is 0 Å². The normalized spacial score (nSPS) is 13.9. The highest BCUT2D eigenvalue weighted by Gasteiger charge is 2.28. The highest BCUT2D eigenvalue weighted by atomic mass is 35.5. The largest absolute Gasteiger partial charge is 0.497 e. The Morgan fingerprint density at radius 2 is 2.16 bits per heavy atom. The Balaban J connectivity index is 1.67. The number of methoxy groups -OCH3 is 1. The molecule has 2 aromatic heterocycles. The summed E-state index contributed by atoms with van der Waals surface area (Å²) in [6.45, 7) is 0.580. The van der Waals surface area contributed by atoms with Gasteiger partial charge in [-0.3, -0.25) is 9.80 Å². The number of halogens is 1. The lowest BCUT2D eigenvalue weighted by atomic mass is 10.1. The maximum absolute atomic E-state index is 12.9. The van der Waals surface area contributed by atoms with Crippen LogP contribution in [-0.4, -0.2) is 46.2 Å². The summed E-state index contributed by atoms with van der Waals surface area (Å²) in [6.07, 6.45) is 3.93. The molecular formula is C17H16ClN5O2. The first-order valence-electron chi connectivity index (χ1n) is 7.80. The molecule has 0 bridgehead atoms. The number of hydrogen-bond acceptors (Lipinski definition) is 5. The molecule has 0 N–H and O–H groups in total. The number of carbonyl (C=O) groups excluding carboxylic acids is 1. The number of hydrazine groups is 1. The van der Waals surface area contributed by atoms with Crippen molar-refractivity contribution in [2.24, 2.45) is 0 Å². The van der Waals surface area contributed by atoms with Crippen LogP contribution in [0.25, 0.3) is 5.65 Å². The summed E-state index contributed by atoms with van der Waals surface area (Å²) in [7, 11) is 3.49. The summed E-state index contributed by atoms with van der Waals surface area (Å²) in [5.41, 5.74) is 3.03. The fourth-order valence-electron chi connectivity index (χ4n) is 3.02. The van der Waals surface area contributed by atoms with E-state index in [1.165, 1.54) is 16.3 Å². The summed E-state index contributed by atoms with van der Waals surface area (Å²) < 4.78 is 6.80. The van der Waals surface area contributed by atoms with E-state index in [1.54, 1.807) is 24.4 Å². The number of aromatic nitrogens is 3. The summed E-state index contributed by atoms with van der Waals surface area (Å²) >= 11 is 5.93. The van der Waals surface area contributed by atoms with Gasteiger partial charge >= 0.3 is 0 Å². The molecule has 128 valence electrons. The zero-order valence-electron chi connectivity index (χ0n) is 13.8. The fourth-order valence-corrected chi connectivity index (χ4v) is 3.16. The number of nitrogens with zero attached hydrogens (tertiary/aromatic N) is 5. The first-order chi connectivity index (χ1) is 12.1. The maximum Gasteiger partial charge on any atom is 0.292 e. The van der Waals surface area contributed by atoms with E-state index in [2.05, 4.69) is 10.1 Å². The van der Waals surface area contributed by atoms with Gasteiger partial charge in [0.25, 0.3) is 5.91 Å². The number of amides is 1. The number of ether oxygens (including phenoxy) is 1. The predicted octanol–water partition coefficient (Wildman–Crippen LogP) is 2.44. The van der Waals surface area contributed by atoms with Gasteiger partial charge in [-0.05, 0) is 18.1 Å². The van der Waals surface area contributed by atoms with Crippen molar-refractivity contribution in [1.82, 2.24) is 19.6 Å². The molecule has 0 aliphatic carbocycles. The van der Waals surface area contributed by atoms with Gasteiger partial charge in [0.1, 0.15) is 5.75 Å². The van der Waals surface area contributed by atoms with Crippen LogP contribution < -0.4 is 9.75 Å². The lowest BCUT2D eigenvalue weighted by Crippen LogP contribution is -2.48. The third kappa shape index (κ3) is 2.66. The molecule has 7 nitrogen and oxygen atoms in total. The van der Waals surface area contributed by atoms with E-state index in [0.717, 1.165) is 17.9 Å². The molecule has 1 aromatic carbocycles. The summed E-state index contributed by atoms with van der Waals surface area (Å²) in [5, 5.41) is 8.28. The van der Waals surface area contributed by atoms with E-state index in [0.29, 0.717) is 22.9 Å². The SMILES string of the molecule is COc1ccc2c(c1)N(C)N(C(=O)c1cc3ncc(Cl)cn3n1)CC2. The molecule has 0 atom stereocenters. The number of anilines is 1. The Kier molecular flexibility index (Phi) is 3.73. The number of fused-ring (bicyclic) bond motifs is 2. The second-order valence-electron chi connectivity index (χ2n) is 5.80. The minimum Gasteiger partial charge on any atom is -0.497 e. The quantitative estimate of drug-likeness (QED) is 0.705. The Hall–Kier alpha value is -2.80. The summed E-state index contributed by atoms with van der Waals surface area (Å²) in [4.78, 5) is 17.1. The molecule has 0 fully saturated rings. The smallest absolute Gasteiger partial charge is 0.292 e. The lowest BCUT2D eigenvalue weighted by molar-refractivity contribution is 0.0732. The van der Waals surface area contributed by atoms with Crippen LogP contribution in [0.1, 0.15) is 16.1 Å². The van der Waals surface area contributed by atoms with E-state index >= 15 is 0 Å². The monoisotopic (exact) mass is 357 g/mol. The highest BCUT2D eigenvalue weighted by Crippen LogP contribution is 2.31. The topological polar surface area (TPSA) is 63.0 Å². The van der Waals surface area contributed by atoms with Crippen molar-refractivity contribution < 1.29 is 9.53 Å². The molecule has 4 rings (SSSR count). The van der Waals surface area contributed by atoms with Crippen LogP contribution >= 0.6 is 11.6 Å². The predicted molar refractivity (Wildman–Crippen MR) is 94.1 cm³/mol. The van der Waals surface area contributed by atoms with Gasteiger partial charge in [0.15, 0.2) is 11.3 Å². The molecule has 8 heteroatoms. The van der Waals surface area contributed by atoms with Gasteiger partial charge in [-0.2, -0.15) is 5.10 Å². The first kappa shape index (κ1) is 15.7. The van der Waals surface area contributed by atoms with Crippen molar-refractivity contribution in [2.45, 2.75) is 6.42 Å². The van der Waals surface area contributed by atoms with Gasteiger partial charge in [0, 0.05) is 31.9 Å². The second kappa shape index (κ2) is 5.93. The van der Waals surface area contributed by atoms with E-state index in [-0.39, 0.29) is 5.91 Å². The molecule has 3 aromatic rings. The number of carbonyl (C=O) groups is 1.